The monoisotopic (exact) mass is 330 g/mol. The average molecular weight is 332 g/mol. The quantitative estimate of drug-likeness (QED) is 0.778. The summed E-state index contributed by atoms with van der Waals surface area (Å²) in [4.78, 5) is 15.9. The summed E-state index contributed by atoms with van der Waals surface area (Å²) < 4.78 is 0. The number of benzene rings is 1. The second-order valence-corrected chi connectivity index (χ2v) is 6.16. The fourth-order valence-corrected chi connectivity index (χ4v) is 2.67. The van der Waals surface area contributed by atoms with Crippen molar-refractivity contribution in [2.45, 2.75) is 11.8 Å². The summed E-state index contributed by atoms with van der Waals surface area (Å²) >= 11 is 9.50. The number of nitrogens with zero attached hydrogens (tertiary/aromatic N) is 2. The van der Waals surface area contributed by atoms with Gasteiger partial charge in [-0.2, -0.15) is 0 Å². The summed E-state index contributed by atoms with van der Waals surface area (Å²) in [6.45, 7) is 5.02. The first-order valence-electron chi connectivity index (χ1n) is 6.02. The number of hydrogen-bond donors (Lipinski definition) is 0. The van der Waals surface area contributed by atoms with Gasteiger partial charge in [0, 0.05) is 26.2 Å². The van der Waals surface area contributed by atoms with Crippen molar-refractivity contribution < 1.29 is 4.79 Å². The Morgan fingerprint density at radius 2 is 1.89 bits per heavy atom. The first-order valence-corrected chi connectivity index (χ1v) is 7.31. The van der Waals surface area contributed by atoms with Gasteiger partial charge in [0.05, 0.1) is 15.5 Å². The Bertz CT molecular complexity index is 431. The summed E-state index contributed by atoms with van der Waals surface area (Å²) in [7, 11) is 0. The van der Waals surface area contributed by atoms with Crippen molar-refractivity contribution in [1.82, 2.24) is 4.90 Å². The number of halogens is 2. The molecule has 1 fully saturated rings. The molecule has 0 saturated carbocycles. The lowest BCUT2D eigenvalue weighted by Gasteiger charge is -2.37. The maximum Gasteiger partial charge on any atom is 0.236 e. The van der Waals surface area contributed by atoms with Crippen LogP contribution in [0.5, 0.6) is 0 Å². The van der Waals surface area contributed by atoms with Crippen LogP contribution in [0.25, 0.3) is 0 Å². The second-order valence-electron chi connectivity index (χ2n) is 4.38. The van der Waals surface area contributed by atoms with E-state index in [-0.39, 0.29) is 10.7 Å². The maximum atomic E-state index is 11.8. The molecule has 0 bridgehead atoms. The van der Waals surface area contributed by atoms with Crippen molar-refractivity contribution >= 4 is 39.1 Å². The van der Waals surface area contributed by atoms with Crippen LogP contribution in [0.15, 0.2) is 24.3 Å². The lowest BCUT2D eigenvalue weighted by molar-refractivity contribution is -0.130. The van der Waals surface area contributed by atoms with Crippen LogP contribution in [0.3, 0.4) is 0 Å². The van der Waals surface area contributed by atoms with Crippen LogP contribution in [0, 0.1) is 0 Å². The summed E-state index contributed by atoms with van der Waals surface area (Å²) in [5.74, 6) is 0.161. The Kier molecular flexibility index (Phi) is 4.51. The van der Waals surface area contributed by atoms with Crippen molar-refractivity contribution in [3.63, 3.8) is 0 Å². The Morgan fingerprint density at radius 3 is 2.44 bits per heavy atom. The van der Waals surface area contributed by atoms with E-state index < -0.39 is 0 Å². The van der Waals surface area contributed by atoms with Crippen LogP contribution < -0.4 is 4.90 Å². The zero-order valence-corrected chi connectivity index (χ0v) is 12.6. The third-order valence-corrected chi connectivity index (χ3v) is 3.84. The number of carbonyl (C=O) groups is 1. The number of rotatable bonds is 2. The van der Waals surface area contributed by atoms with E-state index in [0.29, 0.717) is 0 Å². The SMILES string of the molecule is CC(Br)C(=O)N1CCN(c2ccccc2Cl)CC1. The van der Waals surface area contributed by atoms with E-state index in [4.69, 9.17) is 11.6 Å². The van der Waals surface area contributed by atoms with E-state index in [1.165, 1.54) is 0 Å². The number of amides is 1. The van der Waals surface area contributed by atoms with Gasteiger partial charge in [-0.3, -0.25) is 4.79 Å². The molecule has 1 atom stereocenters. The molecule has 0 aromatic heterocycles. The molecular weight excluding hydrogens is 316 g/mol. The Hall–Kier alpha value is -0.740. The number of carbonyl (C=O) groups excluding carboxylic acids is 1. The largest absolute Gasteiger partial charge is 0.367 e. The minimum atomic E-state index is -0.107. The van der Waals surface area contributed by atoms with E-state index >= 15 is 0 Å². The van der Waals surface area contributed by atoms with E-state index in [9.17, 15) is 4.79 Å². The normalized spacial score (nSPS) is 17.7. The topological polar surface area (TPSA) is 23.6 Å². The predicted molar refractivity (Wildman–Crippen MR) is 78.6 cm³/mol. The molecule has 1 aliphatic rings. The first-order chi connectivity index (χ1) is 8.59. The average Bonchev–Trinajstić information content (AvgIpc) is 2.38. The molecule has 0 N–H and O–H groups in total. The molecule has 1 saturated heterocycles. The van der Waals surface area contributed by atoms with Gasteiger partial charge in [-0.05, 0) is 19.1 Å². The van der Waals surface area contributed by atoms with Crippen LogP contribution in [-0.4, -0.2) is 41.8 Å². The summed E-state index contributed by atoms with van der Waals surface area (Å²) in [5, 5.41) is 0.770. The highest BCUT2D eigenvalue weighted by molar-refractivity contribution is 9.10. The Morgan fingerprint density at radius 1 is 1.28 bits per heavy atom. The van der Waals surface area contributed by atoms with Crippen molar-refractivity contribution in [1.29, 1.82) is 0 Å². The van der Waals surface area contributed by atoms with Gasteiger partial charge in [0.15, 0.2) is 0 Å². The minimum Gasteiger partial charge on any atom is -0.367 e. The van der Waals surface area contributed by atoms with Crippen LogP contribution in [0.4, 0.5) is 5.69 Å². The van der Waals surface area contributed by atoms with Crippen molar-refractivity contribution in [3.05, 3.63) is 29.3 Å². The fourth-order valence-electron chi connectivity index (χ4n) is 2.13. The number of anilines is 1. The van der Waals surface area contributed by atoms with Gasteiger partial charge in [-0.15, -0.1) is 0 Å². The molecule has 0 aliphatic carbocycles. The lowest BCUT2D eigenvalue weighted by Crippen LogP contribution is -2.50. The standard InChI is InChI=1S/C13H16BrClN2O/c1-10(14)13(18)17-8-6-16(7-9-17)12-5-3-2-4-11(12)15/h2-5,10H,6-9H2,1H3. The Labute approximate surface area is 121 Å². The molecule has 98 valence electrons. The van der Waals surface area contributed by atoms with Gasteiger partial charge in [0.1, 0.15) is 0 Å². The van der Waals surface area contributed by atoms with Crippen LogP contribution in [-0.2, 0) is 4.79 Å². The minimum absolute atomic E-state index is 0.107. The molecule has 3 nitrogen and oxygen atoms in total. The molecule has 2 rings (SSSR count). The molecule has 18 heavy (non-hydrogen) atoms. The van der Waals surface area contributed by atoms with Gasteiger partial charge in [0.2, 0.25) is 5.91 Å². The van der Waals surface area contributed by atoms with E-state index in [1.807, 2.05) is 36.1 Å². The molecule has 1 heterocycles. The van der Waals surface area contributed by atoms with Gasteiger partial charge >= 0.3 is 0 Å². The number of hydrogen-bond acceptors (Lipinski definition) is 2. The second kappa shape index (κ2) is 5.93. The molecular formula is C13H16BrClN2O. The van der Waals surface area contributed by atoms with Gasteiger partial charge in [-0.1, -0.05) is 39.7 Å². The van der Waals surface area contributed by atoms with Gasteiger partial charge < -0.3 is 9.80 Å². The molecule has 1 amide bonds. The molecule has 1 unspecified atom stereocenters. The molecule has 1 aromatic carbocycles. The van der Waals surface area contributed by atoms with Crippen LogP contribution >= 0.6 is 27.5 Å². The molecule has 0 spiro atoms. The summed E-state index contributed by atoms with van der Waals surface area (Å²) in [6, 6.07) is 7.83. The van der Waals surface area contributed by atoms with Crippen LogP contribution in [0.1, 0.15) is 6.92 Å². The van der Waals surface area contributed by atoms with E-state index in [2.05, 4.69) is 20.8 Å². The van der Waals surface area contributed by atoms with Gasteiger partial charge in [-0.25, -0.2) is 0 Å². The summed E-state index contributed by atoms with van der Waals surface area (Å²) in [5.41, 5.74) is 1.05. The molecule has 1 aromatic rings. The van der Waals surface area contributed by atoms with Crippen molar-refractivity contribution in [2.75, 3.05) is 31.1 Å². The maximum absolute atomic E-state index is 11.8. The smallest absolute Gasteiger partial charge is 0.236 e. The number of alkyl halides is 1. The number of para-hydroxylation sites is 1. The molecule has 1 aliphatic heterocycles. The highest BCUT2D eigenvalue weighted by atomic mass is 79.9. The zero-order valence-electron chi connectivity index (χ0n) is 10.3. The van der Waals surface area contributed by atoms with Crippen molar-refractivity contribution in [3.8, 4) is 0 Å². The van der Waals surface area contributed by atoms with E-state index in [1.54, 1.807) is 0 Å². The number of piperazine rings is 1. The highest BCUT2D eigenvalue weighted by Crippen LogP contribution is 2.26. The third kappa shape index (κ3) is 2.98. The first kappa shape index (κ1) is 13.7. The summed E-state index contributed by atoms with van der Waals surface area (Å²) in [6.07, 6.45) is 0. The lowest BCUT2D eigenvalue weighted by atomic mass is 10.2. The third-order valence-electron chi connectivity index (χ3n) is 3.12. The highest BCUT2D eigenvalue weighted by Gasteiger charge is 2.24. The molecule has 5 heteroatoms. The zero-order chi connectivity index (χ0) is 13.1. The van der Waals surface area contributed by atoms with Gasteiger partial charge in [0.25, 0.3) is 0 Å². The van der Waals surface area contributed by atoms with Crippen LogP contribution in [0.2, 0.25) is 5.02 Å². The van der Waals surface area contributed by atoms with Crippen molar-refractivity contribution in [2.24, 2.45) is 0 Å². The van der Waals surface area contributed by atoms with E-state index in [0.717, 1.165) is 36.9 Å². The fraction of sp³-hybridized carbons (Fsp3) is 0.462. The predicted octanol–water partition coefficient (Wildman–Crippen LogP) is 2.77. The molecule has 0 radical (unpaired) electrons. The Balaban J connectivity index is 1.99.